The lowest BCUT2D eigenvalue weighted by Gasteiger charge is -2.11. The van der Waals surface area contributed by atoms with Gasteiger partial charge in [0.1, 0.15) is 11.2 Å². The second kappa shape index (κ2) is 13.5. The van der Waals surface area contributed by atoms with Gasteiger partial charge >= 0.3 is 0 Å². The van der Waals surface area contributed by atoms with E-state index in [1.807, 2.05) is 48.5 Å². The third kappa shape index (κ3) is 5.72. The maximum Gasteiger partial charge on any atom is 0.164 e. The van der Waals surface area contributed by atoms with Crippen molar-refractivity contribution in [3.63, 3.8) is 0 Å². The van der Waals surface area contributed by atoms with Crippen LogP contribution in [0.15, 0.2) is 199 Å². The first-order valence-electron chi connectivity index (χ1n) is 19.1. The minimum atomic E-state index is 0.616. The van der Waals surface area contributed by atoms with Crippen LogP contribution in [0.4, 0.5) is 0 Å². The summed E-state index contributed by atoms with van der Waals surface area (Å²) in [4.78, 5) is 20.1. The third-order valence-electron chi connectivity index (χ3n) is 10.7. The number of hydrogen-bond acceptors (Lipinski definition) is 5. The highest BCUT2D eigenvalue weighted by molar-refractivity contribution is 6.26. The molecule has 0 bridgehead atoms. The molecule has 3 heterocycles. The molecule has 0 radical (unpaired) electrons. The highest BCUT2D eigenvalue weighted by Gasteiger charge is 2.20. The van der Waals surface area contributed by atoms with Crippen molar-refractivity contribution in [1.82, 2.24) is 19.9 Å². The van der Waals surface area contributed by atoms with E-state index in [-0.39, 0.29) is 0 Å². The van der Waals surface area contributed by atoms with Gasteiger partial charge in [0.05, 0.1) is 11.2 Å². The number of fused-ring (bicyclic) bond motifs is 7. The summed E-state index contributed by atoms with van der Waals surface area (Å²) in [5.74, 6) is 1.88. The van der Waals surface area contributed by atoms with Gasteiger partial charge in [-0.15, -0.1) is 0 Å². The largest absolute Gasteiger partial charge is 0.455 e. The molecule has 0 saturated carbocycles. The minimum Gasteiger partial charge on any atom is -0.455 e. The molecule has 0 aliphatic heterocycles. The first-order chi connectivity index (χ1) is 28.2. The Labute approximate surface area is 328 Å². The monoisotopic (exact) mass is 728 g/mol. The number of nitrogens with zero attached hydrogens (tertiary/aromatic N) is 4. The Balaban J connectivity index is 1.02. The van der Waals surface area contributed by atoms with Crippen LogP contribution in [0.5, 0.6) is 0 Å². The van der Waals surface area contributed by atoms with Gasteiger partial charge < -0.3 is 4.42 Å². The SMILES string of the molecule is c1ccc(-c2ccc(-c3nc(-c4ccccc4)nc(-c4ccc(-c5cccc6oc7c(ccc8c(-c9ccccc9)nc9ccccc9c87)c56)cc4)n3)cc2)cc1. The summed E-state index contributed by atoms with van der Waals surface area (Å²) in [6.07, 6.45) is 0. The molecule has 0 saturated heterocycles. The summed E-state index contributed by atoms with van der Waals surface area (Å²) in [5, 5.41) is 5.36. The second-order valence-corrected chi connectivity index (χ2v) is 14.2. The second-order valence-electron chi connectivity index (χ2n) is 14.2. The van der Waals surface area contributed by atoms with Crippen LogP contribution >= 0.6 is 0 Å². The normalized spacial score (nSPS) is 11.5. The summed E-state index contributed by atoms with van der Waals surface area (Å²) < 4.78 is 6.81. The summed E-state index contributed by atoms with van der Waals surface area (Å²) in [7, 11) is 0. The van der Waals surface area contributed by atoms with Crippen LogP contribution in [0, 0.1) is 0 Å². The minimum absolute atomic E-state index is 0.616. The fraction of sp³-hybridized carbons (Fsp3) is 0. The molecule has 3 aromatic heterocycles. The molecule has 0 fully saturated rings. The fourth-order valence-electron chi connectivity index (χ4n) is 7.97. The predicted molar refractivity (Wildman–Crippen MR) is 233 cm³/mol. The summed E-state index contributed by atoms with van der Waals surface area (Å²) >= 11 is 0. The molecule has 8 aromatic carbocycles. The fourth-order valence-corrected chi connectivity index (χ4v) is 7.97. The van der Waals surface area contributed by atoms with Crippen molar-refractivity contribution in [2.24, 2.45) is 0 Å². The van der Waals surface area contributed by atoms with Crippen LogP contribution in [-0.2, 0) is 0 Å². The van der Waals surface area contributed by atoms with Crippen LogP contribution in [0.1, 0.15) is 0 Å². The molecular formula is C52H32N4O. The third-order valence-corrected chi connectivity index (χ3v) is 10.7. The number of hydrogen-bond donors (Lipinski definition) is 0. The van der Waals surface area contributed by atoms with Gasteiger partial charge in [-0.1, -0.05) is 176 Å². The number of rotatable bonds is 6. The summed E-state index contributed by atoms with van der Waals surface area (Å²) in [6, 6.07) is 66.8. The van der Waals surface area contributed by atoms with Gasteiger partial charge in [0.25, 0.3) is 0 Å². The van der Waals surface area contributed by atoms with Gasteiger partial charge in [-0.05, 0) is 40.5 Å². The molecular weight excluding hydrogens is 697 g/mol. The van der Waals surface area contributed by atoms with Crippen LogP contribution in [0.25, 0.3) is 111 Å². The lowest BCUT2D eigenvalue weighted by molar-refractivity contribution is 0.673. The van der Waals surface area contributed by atoms with Gasteiger partial charge in [-0.2, -0.15) is 0 Å². The molecule has 266 valence electrons. The van der Waals surface area contributed by atoms with Crippen molar-refractivity contribution in [2.75, 3.05) is 0 Å². The van der Waals surface area contributed by atoms with E-state index in [9.17, 15) is 0 Å². The molecule has 0 N–H and O–H groups in total. The maximum absolute atomic E-state index is 6.81. The number of pyridine rings is 1. The maximum atomic E-state index is 6.81. The van der Waals surface area contributed by atoms with E-state index < -0.39 is 0 Å². The predicted octanol–water partition coefficient (Wildman–Crippen LogP) is 13.5. The van der Waals surface area contributed by atoms with E-state index in [1.54, 1.807) is 0 Å². The van der Waals surface area contributed by atoms with Crippen molar-refractivity contribution in [1.29, 1.82) is 0 Å². The molecule has 0 aliphatic rings. The number of para-hydroxylation sites is 1. The van der Waals surface area contributed by atoms with Gasteiger partial charge in [0.2, 0.25) is 0 Å². The van der Waals surface area contributed by atoms with Crippen LogP contribution < -0.4 is 0 Å². The van der Waals surface area contributed by atoms with Crippen LogP contribution in [0.3, 0.4) is 0 Å². The van der Waals surface area contributed by atoms with E-state index in [0.717, 1.165) is 88.3 Å². The van der Waals surface area contributed by atoms with Crippen molar-refractivity contribution >= 4 is 43.6 Å². The van der Waals surface area contributed by atoms with Crippen LogP contribution in [0.2, 0.25) is 0 Å². The Kier molecular flexibility index (Phi) is 7.74. The number of benzene rings is 8. The van der Waals surface area contributed by atoms with E-state index in [1.165, 1.54) is 5.56 Å². The number of aromatic nitrogens is 4. The lowest BCUT2D eigenvalue weighted by Crippen LogP contribution is -2.00. The van der Waals surface area contributed by atoms with Crippen LogP contribution in [-0.4, -0.2) is 19.9 Å². The molecule has 0 aliphatic carbocycles. The zero-order chi connectivity index (χ0) is 37.7. The highest BCUT2D eigenvalue weighted by Crippen LogP contribution is 2.43. The molecule has 11 aromatic rings. The van der Waals surface area contributed by atoms with Gasteiger partial charge in [-0.3, -0.25) is 0 Å². The van der Waals surface area contributed by atoms with E-state index in [4.69, 9.17) is 24.4 Å². The Morgan fingerprint density at radius 3 is 1.44 bits per heavy atom. The standard InChI is InChI=1S/C52H32N4O/c1-4-13-33(14-5-1)34-23-27-38(28-24-34)51-54-50(37-17-8-3-9-18-37)55-52(56-51)39-29-25-35(26-30-39)40-20-12-22-45-46(40)43-32-31-42-47(49(43)57-45)41-19-10-11-21-44(41)53-48(42)36-15-6-2-7-16-36/h1-32H. The Bertz CT molecular complexity index is 3250. The molecule has 0 unspecified atom stereocenters. The molecule has 0 atom stereocenters. The first kappa shape index (κ1) is 32.7. The molecule has 11 rings (SSSR count). The molecule has 5 nitrogen and oxygen atoms in total. The Morgan fingerprint density at radius 1 is 0.298 bits per heavy atom. The first-order valence-corrected chi connectivity index (χ1v) is 19.1. The lowest BCUT2D eigenvalue weighted by atomic mass is 9.95. The Morgan fingerprint density at radius 2 is 0.789 bits per heavy atom. The van der Waals surface area contributed by atoms with E-state index in [2.05, 4.69) is 146 Å². The quantitative estimate of drug-likeness (QED) is 0.160. The van der Waals surface area contributed by atoms with Crippen molar-refractivity contribution in [2.45, 2.75) is 0 Å². The molecule has 0 amide bonds. The zero-order valence-electron chi connectivity index (χ0n) is 30.7. The van der Waals surface area contributed by atoms with Gasteiger partial charge in [-0.25, -0.2) is 19.9 Å². The van der Waals surface area contributed by atoms with Crippen molar-refractivity contribution in [3.8, 4) is 67.7 Å². The van der Waals surface area contributed by atoms with Gasteiger partial charge in [0.15, 0.2) is 17.5 Å². The summed E-state index contributed by atoms with van der Waals surface area (Å²) in [5.41, 5.74) is 11.9. The average Bonchev–Trinajstić information content (AvgIpc) is 3.69. The average molecular weight is 729 g/mol. The molecule has 5 heteroatoms. The van der Waals surface area contributed by atoms with Gasteiger partial charge in [0, 0.05) is 49.2 Å². The van der Waals surface area contributed by atoms with Crippen molar-refractivity contribution in [3.05, 3.63) is 194 Å². The molecule has 57 heavy (non-hydrogen) atoms. The highest BCUT2D eigenvalue weighted by atomic mass is 16.3. The molecule has 0 spiro atoms. The smallest absolute Gasteiger partial charge is 0.164 e. The topological polar surface area (TPSA) is 64.7 Å². The van der Waals surface area contributed by atoms with Crippen molar-refractivity contribution < 1.29 is 4.42 Å². The van der Waals surface area contributed by atoms with E-state index in [0.29, 0.717) is 17.5 Å². The number of furan rings is 1. The van der Waals surface area contributed by atoms with E-state index >= 15 is 0 Å². The Hall–Kier alpha value is -7.76. The summed E-state index contributed by atoms with van der Waals surface area (Å²) in [6.45, 7) is 0. The zero-order valence-corrected chi connectivity index (χ0v) is 30.7.